The summed E-state index contributed by atoms with van der Waals surface area (Å²) < 4.78 is 5.70. The zero-order valence-corrected chi connectivity index (χ0v) is 14.7. The zero-order chi connectivity index (χ0) is 16.4. The van der Waals surface area contributed by atoms with Crippen molar-refractivity contribution in [1.29, 1.82) is 0 Å². The monoisotopic (exact) mass is 333 g/mol. The molecule has 1 aliphatic heterocycles. The highest BCUT2D eigenvalue weighted by molar-refractivity contribution is 6.30. The first-order chi connectivity index (χ1) is 10.9. The van der Waals surface area contributed by atoms with Gasteiger partial charge < -0.3 is 9.72 Å². The van der Waals surface area contributed by atoms with Crippen molar-refractivity contribution in [1.82, 2.24) is 14.9 Å². The molecule has 1 fully saturated rings. The molecule has 0 spiro atoms. The highest BCUT2D eigenvalue weighted by atomic mass is 35.5. The first-order valence-corrected chi connectivity index (χ1v) is 8.43. The van der Waals surface area contributed by atoms with E-state index < -0.39 is 0 Å². The van der Waals surface area contributed by atoms with Crippen molar-refractivity contribution in [3.05, 3.63) is 52.6 Å². The lowest BCUT2D eigenvalue weighted by Gasteiger charge is -2.34. The largest absolute Gasteiger partial charge is 0.378 e. The van der Waals surface area contributed by atoms with Gasteiger partial charge in [0.2, 0.25) is 0 Å². The highest BCUT2D eigenvalue weighted by Crippen LogP contribution is 2.27. The third-order valence-corrected chi connectivity index (χ3v) is 4.51. The number of H-pyrrole nitrogens is 1. The number of nitrogens with one attached hydrogen (secondary N) is 1. The summed E-state index contributed by atoms with van der Waals surface area (Å²) in [6.07, 6.45) is 1.95. The number of benzene rings is 1. The van der Waals surface area contributed by atoms with Crippen LogP contribution in [0, 0.1) is 0 Å². The van der Waals surface area contributed by atoms with Crippen LogP contribution >= 0.6 is 11.6 Å². The minimum absolute atomic E-state index is 0.0712. The summed E-state index contributed by atoms with van der Waals surface area (Å²) >= 11 is 5.98. The average molecular weight is 334 g/mol. The van der Waals surface area contributed by atoms with Crippen LogP contribution in [0.25, 0.3) is 0 Å². The van der Waals surface area contributed by atoms with E-state index in [9.17, 15) is 0 Å². The molecule has 1 saturated heterocycles. The molecule has 0 bridgehead atoms. The van der Waals surface area contributed by atoms with Crippen LogP contribution in [0.3, 0.4) is 0 Å². The molecule has 4 nitrogen and oxygen atoms in total. The van der Waals surface area contributed by atoms with E-state index in [1.807, 2.05) is 18.3 Å². The summed E-state index contributed by atoms with van der Waals surface area (Å²) in [6, 6.07) is 8.21. The Labute approximate surface area is 142 Å². The van der Waals surface area contributed by atoms with Crippen molar-refractivity contribution in [3.63, 3.8) is 0 Å². The standard InChI is InChI=1S/C18H24ClN3O/c1-18(2,3)16-10-20-17(21-16)15-12-23-9-8-22(15)11-13-4-6-14(19)7-5-13/h4-7,10,15H,8-9,11-12H2,1-3H3,(H,20,21)/t15-/m0/s1. The van der Waals surface area contributed by atoms with Gasteiger partial charge in [-0.2, -0.15) is 0 Å². The minimum Gasteiger partial charge on any atom is -0.378 e. The number of imidazole rings is 1. The molecule has 1 aliphatic rings. The van der Waals surface area contributed by atoms with E-state index in [4.69, 9.17) is 16.3 Å². The molecule has 1 N–H and O–H groups in total. The second-order valence-corrected chi connectivity index (χ2v) is 7.56. The number of hydrogen-bond donors (Lipinski definition) is 1. The number of aromatic nitrogens is 2. The highest BCUT2D eigenvalue weighted by Gasteiger charge is 2.28. The Hall–Kier alpha value is -1.36. The number of rotatable bonds is 3. The van der Waals surface area contributed by atoms with E-state index in [0.29, 0.717) is 6.61 Å². The van der Waals surface area contributed by atoms with Gasteiger partial charge in [-0.25, -0.2) is 4.98 Å². The van der Waals surface area contributed by atoms with Gasteiger partial charge in [0.15, 0.2) is 0 Å². The molecule has 0 amide bonds. The van der Waals surface area contributed by atoms with Crippen LogP contribution in [-0.4, -0.2) is 34.6 Å². The molecule has 1 atom stereocenters. The van der Waals surface area contributed by atoms with Gasteiger partial charge in [0.1, 0.15) is 5.82 Å². The van der Waals surface area contributed by atoms with E-state index in [-0.39, 0.29) is 11.5 Å². The van der Waals surface area contributed by atoms with Crippen molar-refractivity contribution < 1.29 is 4.74 Å². The van der Waals surface area contributed by atoms with Gasteiger partial charge in [-0.1, -0.05) is 44.5 Å². The number of aromatic amines is 1. The fraction of sp³-hybridized carbons (Fsp3) is 0.500. The summed E-state index contributed by atoms with van der Waals surface area (Å²) in [5.74, 6) is 0.989. The molecular formula is C18H24ClN3O. The van der Waals surface area contributed by atoms with Crippen LogP contribution in [-0.2, 0) is 16.7 Å². The van der Waals surface area contributed by atoms with Gasteiger partial charge >= 0.3 is 0 Å². The van der Waals surface area contributed by atoms with Gasteiger partial charge in [-0.05, 0) is 17.7 Å². The quantitative estimate of drug-likeness (QED) is 0.925. The summed E-state index contributed by atoms with van der Waals surface area (Å²) in [5.41, 5.74) is 2.48. The molecule has 2 aromatic rings. The maximum atomic E-state index is 5.98. The third kappa shape index (κ3) is 3.94. The number of nitrogens with zero attached hydrogens (tertiary/aromatic N) is 2. The minimum atomic E-state index is 0.0712. The zero-order valence-electron chi connectivity index (χ0n) is 14.0. The molecule has 1 aromatic carbocycles. The Balaban J connectivity index is 1.78. The van der Waals surface area contributed by atoms with Crippen molar-refractivity contribution in [3.8, 4) is 0 Å². The Morgan fingerprint density at radius 3 is 2.70 bits per heavy atom. The molecule has 0 saturated carbocycles. The Morgan fingerprint density at radius 2 is 2.04 bits per heavy atom. The Kier molecular flexibility index (Phi) is 4.76. The van der Waals surface area contributed by atoms with Crippen LogP contribution in [0.2, 0.25) is 5.02 Å². The fourth-order valence-electron chi connectivity index (χ4n) is 2.79. The Bertz CT molecular complexity index is 645. The van der Waals surface area contributed by atoms with E-state index in [1.54, 1.807) is 0 Å². The van der Waals surface area contributed by atoms with Crippen molar-refractivity contribution in [2.45, 2.75) is 38.8 Å². The van der Waals surface area contributed by atoms with Gasteiger partial charge in [0.25, 0.3) is 0 Å². The molecule has 0 radical (unpaired) electrons. The molecule has 0 unspecified atom stereocenters. The second kappa shape index (κ2) is 6.63. The van der Waals surface area contributed by atoms with Crippen molar-refractivity contribution >= 4 is 11.6 Å². The summed E-state index contributed by atoms with van der Waals surface area (Å²) in [6.45, 7) is 9.77. The maximum Gasteiger partial charge on any atom is 0.126 e. The first kappa shape index (κ1) is 16.5. The van der Waals surface area contributed by atoms with Crippen LogP contribution in [0.4, 0.5) is 0 Å². The van der Waals surface area contributed by atoms with Gasteiger partial charge in [0.05, 0.1) is 19.3 Å². The smallest absolute Gasteiger partial charge is 0.126 e. The number of morpholine rings is 1. The molecular weight excluding hydrogens is 310 g/mol. The van der Waals surface area contributed by atoms with Crippen LogP contribution in [0.15, 0.2) is 30.5 Å². The van der Waals surface area contributed by atoms with E-state index in [2.05, 4.69) is 47.8 Å². The average Bonchev–Trinajstić information content (AvgIpc) is 3.00. The van der Waals surface area contributed by atoms with E-state index in [0.717, 1.165) is 36.2 Å². The van der Waals surface area contributed by atoms with Crippen LogP contribution in [0.5, 0.6) is 0 Å². The molecule has 5 heteroatoms. The Morgan fingerprint density at radius 1 is 1.30 bits per heavy atom. The predicted octanol–water partition coefficient (Wildman–Crippen LogP) is 3.93. The maximum absolute atomic E-state index is 5.98. The number of ether oxygens (including phenoxy) is 1. The van der Waals surface area contributed by atoms with Gasteiger partial charge in [-0.15, -0.1) is 0 Å². The molecule has 1 aromatic heterocycles. The molecule has 124 valence electrons. The van der Waals surface area contributed by atoms with Gasteiger partial charge in [-0.3, -0.25) is 4.90 Å². The SMILES string of the molecule is CC(C)(C)c1cnc([C@@H]2COCCN2Cc2ccc(Cl)cc2)[nH]1. The predicted molar refractivity (Wildman–Crippen MR) is 92.7 cm³/mol. The summed E-state index contributed by atoms with van der Waals surface area (Å²) in [4.78, 5) is 10.5. The van der Waals surface area contributed by atoms with Crippen LogP contribution < -0.4 is 0 Å². The topological polar surface area (TPSA) is 41.1 Å². The first-order valence-electron chi connectivity index (χ1n) is 8.05. The molecule has 2 heterocycles. The molecule has 23 heavy (non-hydrogen) atoms. The van der Waals surface area contributed by atoms with Crippen molar-refractivity contribution in [2.24, 2.45) is 0 Å². The molecule has 3 rings (SSSR count). The van der Waals surface area contributed by atoms with Crippen molar-refractivity contribution in [2.75, 3.05) is 19.8 Å². The number of halogens is 1. The van der Waals surface area contributed by atoms with E-state index in [1.165, 1.54) is 5.56 Å². The normalized spacial score (nSPS) is 19.9. The lowest BCUT2D eigenvalue weighted by molar-refractivity contribution is -0.0157. The summed E-state index contributed by atoms with van der Waals surface area (Å²) in [5, 5.41) is 0.771. The lowest BCUT2D eigenvalue weighted by atomic mass is 9.93. The summed E-state index contributed by atoms with van der Waals surface area (Å²) in [7, 11) is 0. The van der Waals surface area contributed by atoms with E-state index >= 15 is 0 Å². The fourth-order valence-corrected chi connectivity index (χ4v) is 2.92. The van der Waals surface area contributed by atoms with Crippen LogP contribution in [0.1, 0.15) is 43.9 Å². The number of hydrogen-bond acceptors (Lipinski definition) is 3. The lowest BCUT2D eigenvalue weighted by Crippen LogP contribution is -2.39. The van der Waals surface area contributed by atoms with Gasteiger partial charge in [0, 0.05) is 35.4 Å². The third-order valence-electron chi connectivity index (χ3n) is 4.26. The second-order valence-electron chi connectivity index (χ2n) is 7.12. The molecule has 0 aliphatic carbocycles.